The second-order valence-corrected chi connectivity index (χ2v) is 8.41. The molecule has 0 fully saturated rings. The molecule has 0 spiro atoms. The summed E-state index contributed by atoms with van der Waals surface area (Å²) in [5.41, 5.74) is 2.10. The van der Waals surface area contributed by atoms with Crippen molar-refractivity contribution in [3.8, 4) is 11.6 Å². The monoisotopic (exact) mass is 484 g/mol. The number of hydrogen-bond acceptors (Lipinski definition) is 8. The van der Waals surface area contributed by atoms with Crippen molar-refractivity contribution >= 4 is 11.3 Å². The number of nitrogens with zero attached hydrogens (tertiary/aromatic N) is 6. The van der Waals surface area contributed by atoms with Crippen molar-refractivity contribution < 1.29 is 9.84 Å². The number of aliphatic hydroxyl groups excluding tert-OH is 1. The molecule has 0 amide bonds. The van der Waals surface area contributed by atoms with Crippen molar-refractivity contribution in [2.45, 2.75) is 25.5 Å². The topological polar surface area (TPSA) is 146 Å². The number of methoxy groups -OCH3 is 1. The lowest BCUT2D eigenvalue weighted by Gasteiger charge is -2.31. The fourth-order valence-electron chi connectivity index (χ4n) is 4.08. The molecule has 0 radical (unpaired) electrons. The zero-order valence-electron chi connectivity index (χ0n) is 19.9. The molecule has 0 saturated heterocycles. The number of H-pyrrole nitrogens is 2. The van der Waals surface area contributed by atoms with Crippen molar-refractivity contribution in [3.05, 3.63) is 99.6 Å². The van der Waals surface area contributed by atoms with E-state index >= 15 is 0 Å². The van der Waals surface area contributed by atoms with Crippen LogP contribution in [0.25, 0.3) is 11.3 Å². The zero-order chi connectivity index (χ0) is 25.3. The van der Waals surface area contributed by atoms with Crippen LogP contribution in [-0.4, -0.2) is 48.7 Å². The number of aromatic nitrogens is 6. The average Bonchev–Trinajstić information content (AvgIpc) is 3.55. The number of allylic oxidation sites excluding steroid dienone is 2. The average molecular weight is 485 g/mol. The summed E-state index contributed by atoms with van der Waals surface area (Å²) >= 11 is 0. The number of ether oxygens (including phenoxy) is 1. The third-order valence-corrected chi connectivity index (χ3v) is 6.25. The van der Waals surface area contributed by atoms with E-state index in [1.807, 2.05) is 62.4 Å². The molecule has 2 aromatic heterocycles. The Morgan fingerprint density at radius 1 is 1.14 bits per heavy atom. The number of rotatable bonds is 6. The molecule has 1 aliphatic rings. The second-order valence-electron chi connectivity index (χ2n) is 8.41. The zero-order valence-corrected chi connectivity index (χ0v) is 19.9. The van der Waals surface area contributed by atoms with Crippen LogP contribution in [0.15, 0.2) is 81.8 Å². The highest BCUT2D eigenvalue weighted by Gasteiger charge is 2.46. The summed E-state index contributed by atoms with van der Waals surface area (Å²) in [5, 5.41) is 37.3. The van der Waals surface area contributed by atoms with Crippen molar-refractivity contribution in [3.63, 3.8) is 0 Å². The minimum absolute atomic E-state index is 0.0602. The Kier molecular flexibility index (Phi) is 5.90. The maximum atomic E-state index is 13.3. The van der Waals surface area contributed by atoms with Gasteiger partial charge in [-0.1, -0.05) is 53.8 Å². The Labute approximate surface area is 205 Å². The first-order chi connectivity index (χ1) is 17.4. The van der Waals surface area contributed by atoms with Gasteiger partial charge >= 0.3 is 5.56 Å². The van der Waals surface area contributed by atoms with Gasteiger partial charge in [-0.05, 0) is 54.3 Å². The number of benzene rings is 2. The van der Waals surface area contributed by atoms with Gasteiger partial charge in [0.05, 0.1) is 12.8 Å². The lowest BCUT2D eigenvalue weighted by molar-refractivity contribution is 0.153. The number of aliphatic hydroxyl groups is 1. The molecule has 11 nitrogen and oxygen atoms in total. The molecule has 11 heteroatoms. The van der Waals surface area contributed by atoms with Crippen LogP contribution in [0, 0.1) is 13.8 Å². The SMILES string of the molecule is COc1[nH]n(-c2ccc(C)c(C)c2)c(=O)c1N=NC1(c2nn[nH]n2)C=CC=C(c2ccccc2)C1O. The number of azo groups is 1. The molecule has 36 heavy (non-hydrogen) atoms. The van der Waals surface area contributed by atoms with E-state index in [2.05, 4.69) is 36.0 Å². The number of aromatic amines is 2. The quantitative estimate of drug-likeness (QED) is 0.358. The lowest BCUT2D eigenvalue weighted by Crippen LogP contribution is -2.39. The summed E-state index contributed by atoms with van der Waals surface area (Å²) in [7, 11) is 1.43. The van der Waals surface area contributed by atoms with Gasteiger partial charge in [-0.25, -0.2) is 4.68 Å². The van der Waals surface area contributed by atoms with Crippen molar-refractivity contribution in [2.75, 3.05) is 7.11 Å². The molecular weight excluding hydrogens is 460 g/mol. The highest BCUT2D eigenvalue weighted by molar-refractivity contribution is 5.73. The summed E-state index contributed by atoms with van der Waals surface area (Å²) in [6, 6.07) is 15.0. The minimum atomic E-state index is -1.53. The third-order valence-electron chi connectivity index (χ3n) is 6.25. The van der Waals surface area contributed by atoms with Gasteiger partial charge < -0.3 is 9.84 Å². The third kappa shape index (κ3) is 3.85. The van der Waals surface area contributed by atoms with E-state index in [1.54, 1.807) is 18.2 Å². The molecule has 0 bridgehead atoms. The number of tetrazole rings is 1. The molecule has 0 saturated carbocycles. The van der Waals surface area contributed by atoms with E-state index < -0.39 is 17.2 Å². The number of nitrogens with one attached hydrogen (secondary N) is 2. The Balaban J connectivity index is 1.60. The van der Waals surface area contributed by atoms with Crippen molar-refractivity contribution in [1.29, 1.82) is 0 Å². The minimum Gasteiger partial charge on any atom is -0.480 e. The van der Waals surface area contributed by atoms with Crippen LogP contribution < -0.4 is 10.3 Å². The Bertz CT molecular complexity index is 1530. The molecule has 1 aliphatic carbocycles. The number of hydrogen-bond donors (Lipinski definition) is 3. The van der Waals surface area contributed by atoms with E-state index in [4.69, 9.17) is 4.74 Å². The molecule has 0 aliphatic heterocycles. The lowest BCUT2D eigenvalue weighted by atomic mass is 9.81. The van der Waals surface area contributed by atoms with E-state index in [9.17, 15) is 9.90 Å². The maximum Gasteiger partial charge on any atom is 0.303 e. The van der Waals surface area contributed by atoms with E-state index in [1.165, 1.54) is 11.8 Å². The van der Waals surface area contributed by atoms with Crippen molar-refractivity contribution in [1.82, 2.24) is 30.4 Å². The first kappa shape index (κ1) is 23.1. The molecule has 5 rings (SSSR count). The molecule has 4 aromatic rings. The Hall–Kier alpha value is -4.64. The first-order valence-corrected chi connectivity index (χ1v) is 11.2. The van der Waals surface area contributed by atoms with Crippen LogP contribution in [0.3, 0.4) is 0 Å². The first-order valence-electron chi connectivity index (χ1n) is 11.2. The van der Waals surface area contributed by atoms with Crippen LogP contribution in [0.1, 0.15) is 22.5 Å². The van der Waals surface area contributed by atoms with Crippen LogP contribution in [0.5, 0.6) is 5.88 Å². The van der Waals surface area contributed by atoms with Gasteiger partial charge in [-0.2, -0.15) is 10.3 Å². The normalized spacial score (nSPS) is 19.6. The summed E-state index contributed by atoms with van der Waals surface area (Å²) in [4.78, 5) is 13.3. The standard InChI is InChI=1S/C25H24N8O3/c1-15-11-12-18(14-16(15)2)33-23(35)20(22(29-33)36-3)26-30-25(24-27-31-32-28-24)13-7-10-19(21(25)34)17-8-5-4-6-9-17/h4-14,21,29,34H,1-3H3,(H,27,28,31,32). The molecule has 2 atom stereocenters. The number of aryl methyl sites for hydroxylation is 2. The van der Waals surface area contributed by atoms with Gasteiger partial charge in [0.15, 0.2) is 5.54 Å². The van der Waals surface area contributed by atoms with Gasteiger partial charge in [0.2, 0.25) is 17.4 Å². The molecule has 2 heterocycles. The highest BCUT2D eigenvalue weighted by Crippen LogP contribution is 2.40. The smallest absolute Gasteiger partial charge is 0.303 e. The molecule has 182 valence electrons. The highest BCUT2D eigenvalue weighted by atomic mass is 16.5. The van der Waals surface area contributed by atoms with Crippen LogP contribution in [0.4, 0.5) is 5.69 Å². The summed E-state index contributed by atoms with van der Waals surface area (Å²) in [5.74, 6) is 0.221. The van der Waals surface area contributed by atoms with E-state index in [-0.39, 0.29) is 17.4 Å². The fourth-order valence-corrected chi connectivity index (χ4v) is 4.08. The van der Waals surface area contributed by atoms with Crippen LogP contribution >= 0.6 is 0 Å². The van der Waals surface area contributed by atoms with Gasteiger partial charge in [-0.15, -0.1) is 15.3 Å². The van der Waals surface area contributed by atoms with Gasteiger partial charge in [0, 0.05) is 0 Å². The fraction of sp³-hybridized carbons (Fsp3) is 0.200. The Morgan fingerprint density at radius 2 is 1.94 bits per heavy atom. The molecular formula is C25H24N8O3. The van der Waals surface area contributed by atoms with Gasteiger partial charge in [-0.3, -0.25) is 9.89 Å². The predicted octanol–water partition coefficient (Wildman–Crippen LogP) is 3.30. The van der Waals surface area contributed by atoms with Gasteiger partial charge in [0.25, 0.3) is 0 Å². The van der Waals surface area contributed by atoms with E-state index in [0.717, 1.165) is 16.7 Å². The largest absolute Gasteiger partial charge is 0.480 e. The van der Waals surface area contributed by atoms with E-state index in [0.29, 0.717) is 11.3 Å². The molecule has 3 N–H and O–H groups in total. The van der Waals surface area contributed by atoms with Gasteiger partial charge in [0.1, 0.15) is 6.10 Å². The second kappa shape index (κ2) is 9.19. The summed E-state index contributed by atoms with van der Waals surface area (Å²) in [6.07, 6.45) is 3.95. The predicted molar refractivity (Wildman–Crippen MR) is 132 cm³/mol. The summed E-state index contributed by atoms with van der Waals surface area (Å²) in [6.45, 7) is 3.96. The maximum absolute atomic E-state index is 13.3. The molecule has 2 unspecified atom stereocenters. The Morgan fingerprint density at radius 3 is 2.64 bits per heavy atom. The summed E-state index contributed by atoms with van der Waals surface area (Å²) < 4.78 is 6.73. The van der Waals surface area contributed by atoms with Crippen LogP contribution in [-0.2, 0) is 5.54 Å². The van der Waals surface area contributed by atoms with Crippen LogP contribution in [0.2, 0.25) is 0 Å². The van der Waals surface area contributed by atoms with Crippen molar-refractivity contribution in [2.24, 2.45) is 10.2 Å². The molecule has 2 aromatic carbocycles.